The van der Waals surface area contributed by atoms with E-state index in [9.17, 15) is 4.79 Å². The Morgan fingerprint density at radius 2 is 1.95 bits per heavy atom. The first-order valence-electron chi connectivity index (χ1n) is 8.44. The second-order valence-electron chi connectivity index (χ2n) is 6.58. The van der Waals surface area contributed by atoms with Crippen molar-refractivity contribution < 1.29 is 4.79 Å². The van der Waals surface area contributed by atoms with Gasteiger partial charge in [-0.2, -0.15) is 0 Å². The van der Waals surface area contributed by atoms with E-state index in [0.717, 1.165) is 64.2 Å². The molecule has 0 spiro atoms. The summed E-state index contributed by atoms with van der Waals surface area (Å²) in [5.74, 6) is 1.82. The van der Waals surface area contributed by atoms with E-state index in [1.807, 2.05) is 11.9 Å². The summed E-state index contributed by atoms with van der Waals surface area (Å²) in [4.78, 5) is 16.7. The summed E-state index contributed by atoms with van der Waals surface area (Å²) >= 11 is 0. The molecular weight excluding hydrogens is 280 g/mol. The van der Waals surface area contributed by atoms with Crippen LogP contribution in [-0.4, -0.2) is 62.1 Å². The number of carbonyl (C=O) groups is 1. The van der Waals surface area contributed by atoms with E-state index < -0.39 is 0 Å². The van der Waals surface area contributed by atoms with Gasteiger partial charge < -0.3 is 4.90 Å². The molecule has 2 saturated heterocycles. The lowest BCUT2D eigenvalue weighted by molar-refractivity contribution is -0.131. The fourth-order valence-corrected chi connectivity index (χ4v) is 3.51. The normalized spacial score (nSPS) is 23.7. The first-order chi connectivity index (χ1) is 10.7. The van der Waals surface area contributed by atoms with Crippen LogP contribution >= 0.6 is 0 Å². The van der Waals surface area contributed by atoms with Crippen LogP contribution in [0.3, 0.4) is 0 Å². The molecule has 0 aromatic carbocycles. The molecule has 7 heteroatoms. The van der Waals surface area contributed by atoms with Crippen molar-refractivity contribution in [3.63, 3.8) is 0 Å². The van der Waals surface area contributed by atoms with Crippen molar-refractivity contribution in [2.45, 2.75) is 45.1 Å². The van der Waals surface area contributed by atoms with Crippen LogP contribution in [0.25, 0.3) is 0 Å². The zero-order chi connectivity index (χ0) is 15.4. The van der Waals surface area contributed by atoms with Gasteiger partial charge in [-0.3, -0.25) is 9.69 Å². The third kappa shape index (κ3) is 3.82. The minimum atomic E-state index is 0.369. The van der Waals surface area contributed by atoms with Gasteiger partial charge in [0, 0.05) is 26.6 Å². The Morgan fingerprint density at radius 1 is 1.14 bits per heavy atom. The lowest BCUT2D eigenvalue weighted by Gasteiger charge is -2.20. The Morgan fingerprint density at radius 3 is 2.68 bits per heavy atom. The van der Waals surface area contributed by atoms with Gasteiger partial charge in [-0.15, -0.1) is 5.10 Å². The highest BCUT2D eigenvalue weighted by Crippen LogP contribution is 2.23. The molecule has 2 fully saturated rings. The molecule has 3 rings (SSSR count). The van der Waals surface area contributed by atoms with E-state index in [2.05, 4.69) is 20.4 Å². The summed E-state index contributed by atoms with van der Waals surface area (Å²) in [6.45, 7) is 4.84. The summed E-state index contributed by atoms with van der Waals surface area (Å²) in [7, 11) is 1.88. The Labute approximate surface area is 131 Å². The van der Waals surface area contributed by atoms with E-state index in [1.54, 1.807) is 4.68 Å². The highest BCUT2D eigenvalue weighted by atomic mass is 16.2. The molecule has 0 saturated carbocycles. The maximum atomic E-state index is 12.3. The quantitative estimate of drug-likeness (QED) is 0.824. The highest BCUT2D eigenvalue weighted by Gasteiger charge is 2.24. The van der Waals surface area contributed by atoms with E-state index in [-0.39, 0.29) is 0 Å². The number of likely N-dealkylation sites (tertiary alicyclic amines) is 2. The predicted molar refractivity (Wildman–Crippen MR) is 81.8 cm³/mol. The van der Waals surface area contributed by atoms with Crippen molar-refractivity contribution in [1.82, 2.24) is 30.0 Å². The maximum absolute atomic E-state index is 12.3. The van der Waals surface area contributed by atoms with Crippen molar-refractivity contribution in [3.8, 4) is 0 Å². The van der Waals surface area contributed by atoms with E-state index in [1.165, 1.54) is 12.8 Å². The van der Waals surface area contributed by atoms with Gasteiger partial charge in [-0.25, -0.2) is 4.68 Å². The molecule has 1 amide bonds. The van der Waals surface area contributed by atoms with Gasteiger partial charge in [0.25, 0.3) is 0 Å². The van der Waals surface area contributed by atoms with E-state index in [4.69, 9.17) is 0 Å². The molecule has 2 aliphatic heterocycles. The molecule has 1 aromatic rings. The summed E-state index contributed by atoms with van der Waals surface area (Å²) < 4.78 is 1.74. The molecular formula is C15H26N6O. The average molecular weight is 306 g/mol. The maximum Gasteiger partial charge on any atom is 0.222 e. The average Bonchev–Trinajstić information content (AvgIpc) is 3.11. The number of carbonyl (C=O) groups excluding carboxylic acids is 1. The highest BCUT2D eigenvalue weighted by molar-refractivity contribution is 5.76. The molecule has 7 nitrogen and oxygen atoms in total. The van der Waals surface area contributed by atoms with Gasteiger partial charge in [-0.1, -0.05) is 0 Å². The SMILES string of the molecule is Cn1nnnc1CN1CCC[C@@H](CC(=O)N2CCCC2)CC1. The Bertz CT molecular complexity index is 496. The zero-order valence-electron chi connectivity index (χ0n) is 13.4. The largest absolute Gasteiger partial charge is 0.343 e. The molecule has 2 aliphatic rings. The third-order valence-electron chi connectivity index (χ3n) is 4.94. The van der Waals surface area contributed by atoms with Crippen molar-refractivity contribution in [2.75, 3.05) is 26.2 Å². The number of hydrogen-bond acceptors (Lipinski definition) is 5. The van der Waals surface area contributed by atoms with Gasteiger partial charge in [0.2, 0.25) is 5.91 Å². The second-order valence-corrected chi connectivity index (χ2v) is 6.58. The van der Waals surface area contributed by atoms with Gasteiger partial charge >= 0.3 is 0 Å². The van der Waals surface area contributed by atoms with Crippen LogP contribution in [0.5, 0.6) is 0 Å². The number of nitrogens with zero attached hydrogens (tertiary/aromatic N) is 6. The zero-order valence-corrected chi connectivity index (χ0v) is 13.4. The molecule has 1 aromatic heterocycles. The second kappa shape index (κ2) is 7.17. The van der Waals surface area contributed by atoms with Crippen molar-refractivity contribution in [3.05, 3.63) is 5.82 Å². The molecule has 0 N–H and O–H groups in total. The Hall–Kier alpha value is -1.50. The molecule has 1 atom stereocenters. The van der Waals surface area contributed by atoms with Crippen molar-refractivity contribution in [1.29, 1.82) is 0 Å². The molecule has 0 bridgehead atoms. The van der Waals surface area contributed by atoms with Crippen molar-refractivity contribution >= 4 is 5.91 Å². The van der Waals surface area contributed by atoms with Crippen molar-refractivity contribution in [2.24, 2.45) is 13.0 Å². The standard InChI is InChI=1S/C15H26N6O/c1-19-14(16-17-18-19)12-20-7-4-5-13(6-10-20)11-15(22)21-8-2-3-9-21/h13H,2-12H2,1H3/t13-/m1/s1. The summed E-state index contributed by atoms with van der Waals surface area (Å²) in [5.41, 5.74) is 0. The topological polar surface area (TPSA) is 67.2 Å². The van der Waals surface area contributed by atoms with Gasteiger partial charge in [0.15, 0.2) is 5.82 Å². The van der Waals surface area contributed by atoms with Crippen LogP contribution in [0.4, 0.5) is 0 Å². The number of hydrogen-bond donors (Lipinski definition) is 0. The first-order valence-corrected chi connectivity index (χ1v) is 8.44. The van der Waals surface area contributed by atoms with Crippen LogP contribution in [-0.2, 0) is 18.4 Å². The summed E-state index contributed by atoms with van der Waals surface area (Å²) in [5, 5.41) is 11.6. The monoisotopic (exact) mass is 306 g/mol. The Kier molecular flexibility index (Phi) is 5.02. The smallest absolute Gasteiger partial charge is 0.222 e. The van der Waals surface area contributed by atoms with Crippen LogP contribution < -0.4 is 0 Å². The molecule has 0 radical (unpaired) electrons. The minimum absolute atomic E-state index is 0.369. The Balaban J connectivity index is 1.47. The number of amides is 1. The van der Waals surface area contributed by atoms with Crippen LogP contribution in [0.2, 0.25) is 0 Å². The van der Waals surface area contributed by atoms with Crippen LogP contribution in [0, 0.1) is 5.92 Å². The summed E-state index contributed by atoms with van der Waals surface area (Å²) in [6, 6.07) is 0. The number of aromatic nitrogens is 4. The van der Waals surface area contributed by atoms with E-state index >= 15 is 0 Å². The third-order valence-corrected chi connectivity index (χ3v) is 4.94. The number of aryl methyl sites for hydroxylation is 1. The van der Waals surface area contributed by atoms with Crippen LogP contribution in [0.1, 0.15) is 44.3 Å². The molecule has 0 aliphatic carbocycles. The lowest BCUT2D eigenvalue weighted by Crippen LogP contribution is -2.30. The molecule has 22 heavy (non-hydrogen) atoms. The van der Waals surface area contributed by atoms with Crippen LogP contribution in [0.15, 0.2) is 0 Å². The first kappa shape index (κ1) is 15.4. The van der Waals surface area contributed by atoms with Gasteiger partial charge in [0.05, 0.1) is 6.54 Å². The predicted octanol–water partition coefficient (Wildman–Crippen LogP) is 0.825. The number of tetrazole rings is 1. The molecule has 3 heterocycles. The lowest BCUT2D eigenvalue weighted by atomic mass is 9.96. The fraction of sp³-hybridized carbons (Fsp3) is 0.867. The summed E-state index contributed by atoms with van der Waals surface area (Å²) in [6.07, 6.45) is 6.51. The fourth-order valence-electron chi connectivity index (χ4n) is 3.51. The van der Waals surface area contributed by atoms with Gasteiger partial charge in [-0.05, 0) is 61.5 Å². The number of rotatable bonds is 4. The molecule has 122 valence electrons. The van der Waals surface area contributed by atoms with E-state index in [0.29, 0.717) is 11.8 Å². The minimum Gasteiger partial charge on any atom is -0.343 e. The molecule has 0 unspecified atom stereocenters. The van der Waals surface area contributed by atoms with Gasteiger partial charge in [0.1, 0.15) is 0 Å².